The first-order chi connectivity index (χ1) is 14.6. The van der Waals surface area contributed by atoms with Crippen LogP contribution in [0.5, 0.6) is 0 Å². The van der Waals surface area contributed by atoms with Crippen molar-refractivity contribution in [3.05, 3.63) is 87.3 Å². The largest absolute Gasteiger partial charge is 0.418 e. The van der Waals surface area contributed by atoms with E-state index in [1.54, 1.807) is 11.8 Å². The van der Waals surface area contributed by atoms with Crippen LogP contribution >= 0.6 is 11.8 Å². The molecule has 1 aromatic heterocycles. The number of hydrogen-bond donors (Lipinski definition) is 0. The minimum absolute atomic E-state index is 0.188. The van der Waals surface area contributed by atoms with E-state index in [9.17, 15) is 22.8 Å². The summed E-state index contributed by atoms with van der Waals surface area (Å²) < 4.78 is 41.3. The van der Waals surface area contributed by atoms with Crippen molar-refractivity contribution in [2.45, 2.75) is 24.5 Å². The maximum Gasteiger partial charge on any atom is 0.418 e. The highest BCUT2D eigenvalue weighted by Gasteiger charge is 2.34. The van der Waals surface area contributed by atoms with Gasteiger partial charge in [0.2, 0.25) is 5.43 Å². The number of aryl methyl sites for hydroxylation is 1. The summed E-state index contributed by atoms with van der Waals surface area (Å²) in [5.74, 6) is -0.669. The lowest BCUT2D eigenvalue weighted by Gasteiger charge is -2.19. The SMILES string of the molecule is CSc1ccc(CN(C)C(=O)c2nn(-c3ccccc3C(F)(F)F)c(C)cc2=O)cc1. The molecule has 0 spiro atoms. The minimum atomic E-state index is -4.61. The summed E-state index contributed by atoms with van der Waals surface area (Å²) in [4.78, 5) is 27.7. The summed E-state index contributed by atoms with van der Waals surface area (Å²) in [7, 11) is 1.51. The second-order valence-corrected chi connectivity index (χ2v) is 7.81. The maximum absolute atomic E-state index is 13.4. The lowest BCUT2D eigenvalue weighted by atomic mass is 10.1. The first-order valence-corrected chi connectivity index (χ1v) is 10.5. The van der Waals surface area contributed by atoms with Crippen LogP contribution < -0.4 is 5.43 Å². The van der Waals surface area contributed by atoms with Crippen molar-refractivity contribution in [1.82, 2.24) is 14.7 Å². The molecule has 5 nitrogen and oxygen atoms in total. The molecule has 0 atom stereocenters. The Balaban J connectivity index is 1.97. The first kappa shape index (κ1) is 22.6. The Labute approximate surface area is 181 Å². The number of carbonyl (C=O) groups excluding carboxylic acids is 1. The molecule has 0 saturated heterocycles. The van der Waals surface area contributed by atoms with E-state index in [1.165, 1.54) is 37.1 Å². The van der Waals surface area contributed by atoms with Gasteiger partial charge in [-0.05, 0) is 43.0 Å². The molecule has 0 N–H and O–H groups in total. The Hall–Kier alpha value is -3.07. The Morgan fingerprint density at radius 2 is 1.77 bits per heavy atom. The molecule has 0 unspecified atom stereocenters. The van der Waals surface area contributed by atoms with Crippen LogP contribution in [0.2, 0.25) is 0 Å². The van der Waals surface area contributed by atoms with Crippen LogP contribution in [-0.4, -0.2) is 33.9 Å². The number of amides is 1. The minimum Gasteiger partial charge on any atom is -0.336 e. The van der Waals surface area contributed by atoms with Crippen molar-refractivity contribution in [3.63, 3.8) is 0 Å². The molecule has 0 fully saturated rings. The number of alkyl halides is 3. The van der Waals surface area contributed by atoms with E-state index in [-0.39, 0.29) is 17.9 Å². The second kappa shape index (κ2) is 8.97. The van der Waals surface area contributed by atoms with E-state index in [0.717, 1.165) is 27.3 Å². The fourth-order valence-electron chi connectivity index (χ4n) is 3.09. The summed E-state index contributed by atoms with van der Waals surface area (Å²) in [6.45, 7) is 1.69. The van der Waals surface area contributed by atoms with Crippen molar-refractivity contribution < 1.29 is 18.0 Å². The van der Waals surface area contributed by atoms with Gasteiger partial charge < -0.3 is 4.90 Å². The molecule has 0 bridgehead atoms. The van der Waals surface area contributed by atoms with E-state index in [0.29, 0.717) is 0 Å². The fourth-order valence-corrected chi connectivity index (χ4v) is 3.50. The molecule has 1 heterocycles. The highest BCUT2D eigenvalue weighted by molar-refractivity contribution is 7.98. The van der Waals surface area contributed by atoms with Gasteiger partial charge in [0.15, 0.2) is 5.69 Å². The van der Waals surface area contributed by atoms with Crippen LogP contribution in [0.25, 0.3) is 5.69 Å². The zero-order chi connectivity index (χ0) is 22.8. The number of aromatic nitrogens is 2. The number of carbonyl (C=O) groups is 1. The summed E-state index contributed by atoms with van der Waals surface area (Å²) in [6.07, 6.45) is -2.66. The Bertz CT molecular complexity index is 1160. The Morgan fingerprint density at radius 1 is 1.13 bits per heavy atom. The van der Waals surface area contributed by atoms with Crippen LogP contribution in [0, 0.1) is 6.92 Å². The number of benzene rings is 2. The van der Waals surface area contributed by atoms with Crippen LogP contribution in [0.15, 0.2) is 64.3 Å². The van der Waals surface area contributed by atoms with E-state index < -0.39 is 28.8 Å². The third-order valence-electron chi connectivity index (χ3n) is 4.67. The molecule has 162 valence electrons. The summed E-state index contributed by atoms with van der Waals surface area (Å²) in [5.41, 5.74) is -1.21. The molecule has 0 saturated carbocycles. The van der Waals surface area contributed by atoms with Gasteiger partial charge in [0, 0.05) is 30.2 Å². The van der Waals surface area contributed by atoms with Crippen LogP contribution in [-0.2, 0) is 12.7 Å². The number of halogens is 3. The Morgan fingerprint density at radius 3 is 2.39 bits per heavy atom. The lowest BCUT2D eigenvalue weighted by molar-refractivity contribution is -0.137. The second-order valence-electron chi connectivity index (χ2n) is 6.93. The molecule has 2 aromatic carbocycles. The molecule has 0 aliphatic carbocycles. The average molecular weight is 447 g/mol. The smallest absolute Gasteiger partial charge is 0.336 e. The molecule has 3 rings (SSSR count). The highest BCUT2D eigenvalue weighted by Crippen LogP contribution is 2.33. The highest BCUT2D eigenvalue weighted by atomic mass is 32.2. The van der Waals surface area contributed by atoms with E-state index >= 15 is 0 Å². The normalized spacial score (nSPS) is 11.4. The van der Waals surface area contributed by atoms with E-state index in [1.807, 2.05) is 30.5 Å². The predicted octanol–water partition coefficient (Wildman–Crippen LogP) is 4.55. The van der Waals surface area contributed by atoms with Crippen molar-refractivity contribution in [2.24, 2.45) is 0 Å². The summed E-state index contributed by atoms with van der Waals surface area (Å²) >= 11 is 1.59. The third-order valence-corrected chi connectivity index (χ3v) is 5.42. The van der Waals surface area contributed by atoms with Crippen LogP contribution in [0.1, 0.15) is 27.3 Å². The maximum atomic E-state index is 13.4. The standard InChI is InChI=1S/C22H20F3N3O2S/c1-14-12-19(29)20(21(30)27(2)13-15-8-10-16(31-3)11-9-15)26-28(14)18-7-5-4-6-17(18)22(23,24)25/h4-12H,13H2,1-3H3. The van der Waals surface area contributed by atoms with Crippen molar-refractivity contribution in [2.75, 3.05) is 13.3 Å². The molecule has 31 heavy (non-hydrogen) atoms. The number of para-hydroxylation sites is 1. The zero-order valence-corrected chi connectivity index (χ0v) is 17.9. The fraction of sp³-hybridized carbons (Fsp3) is 0.227. The van der Waals surface area contributed by atoms with Gasteiger partial charge >= 0.3 is 6.18 Å². The molecule has 1 amide bonds. The van der Waals surface area contributed by atoms with E-state index in [4.69, 9.17) is 0 Å². The van der Waals surface area contributed by atoms with Gasteiger partial charge in [0.25, 0.3) is 5.91 Å². The van der Waals surface area contributed by atoms with Gasteiger partial charge in [0.05, 0.1) is 11.3 Å². The van der Waals surface area contributed by atoms with E-state index in [2.05, 4.69) is 5.10 Å². The third kappa shape index (κ3) is 4.99. The number of rotatable bonds is 5. The van der Waals surface area contributed by atoms with Gasteiger partial charge in [0.1, 0.15) is 0 Å². The lowest BCUT2D eigenvalue weighted by Crippen LogP contribution is -2.33. The van der Waals surface area contributed by atoms with Gasteiger partial charge in [-0.25, -0.2) is 4.68 Å². The van der Waals surface area contributed by atoms with Crippen molar-refractivity contribution in [3.8, 4) is 5.69 Å². The summed E-state index contributed by atoms with van der Waals surface area (Å²) in [5, 5.41) is 4.02. The molecular weight excluding hydrogens is 427 g/mol. The Kier molecular flexibility index (Phi) is 6.54. The number of thioether (sulfide) groups is 1. The van der Waals surface area contributed by atoms with Crippen LogP contribution in [0.4, 0.5) is 13.2 Å². The number of hydrogen-bond acceptors (Lipinski definition) is 4. The molecule has 9 heteroatoms. The quantitative estimate of drug-likeness (QED) is 0.539. The molecule has 0 aliphatic rings. The van der Waals surface area contributed by atoms with Crippen molar-refractivity contribution in [1.29, 1.82) is 0 Å². The van der Waals surface area contributed by atoms with Crippen LogP contribution in [0.3, 0.4) is 0 Å². The van der Waals surface area contributed by atoms with Gasteiger partial charge in [-0.3, -0.25) is 9.59 Å². The van der Waals surface area contributed by atoms with Crippen molar-refractivity contribution >= 4 is 17.7 Å². The van der Waals surface area contributed by atoms with Gasteiger partial charge in [-0.2, -0.15) is 18.3 Å². The molecule has 0 aliphatic heterocycles. The predicted molar refractivity (Wildman–Crippen MR) is 114 cm³/mol. The average Bonchev–Trinajstić information content (AvgIpc) is 2.73. The zero-order valence-electron chi connectivity index (χ0n) is 17.1. The van der Waals surface area contributed by atoms with Gasteiger partial charge in [-0.15, -0.1) is 11.8 Å². The summed E-state index contributed by atoms with van der Waals surface area (Å²) in [6, 6.07) is 13.6. The monoisotopic (exact) mass is 447 g/mol. The molecule has 0 radical (unpaired) electrons. The van der Waals surface area contributed by atoms with Gasteiger partial charge in [-0.1, -0.05) is 24.3 Å². The molecular formula is C22H20F3N3O2S. The first-order valence-electron chi connectivity index (χ1n) is 9.28. The molecule has 3 aromatic rings. The topological polar surface area (TPSA) is 55.2 Å². The number of nitrogens with zero attached hydrogens (tertiary/aromatic N) is 3.